The van der Waals surface area contributed by atoms with Crippen molar-refractivity contribution in [3.05, 3.63) is 15.3 Å². The van der Waals surface area contributed by atoms with Gasteiger partial charge in [0.25, 0.3) is 0 Å². The van der Waals surface area contributed by atoms with E-state index in [1.165, 1.54) is 0 Å². The summed E-state index contributed by atoms with van der Waals surface area (Å²) in [5, 5.41) is 14.8. The minimum Gasteiger partial charge on any atom is -0.369 e. The summed E-state index contributed by atoms with van der Waals surface area (Å²) in [7, 11) is -4.94. The van der Waals surface area contributed by atoms with E-state index in [9.17, 15) is 0 Å². The molecule has 0 radical (unpaired) electrons. The molecule has 72 valence electrons. The first-order valence-corrected chi connectivity index (χ1v) is 2.40. The first-order chi connectivity index (χ1) is 3.73. The van der Waals surface area contributed by atoms with E-state index < -0.39 is 15.3 Å². The summed E-state index contributed by atoms with van der Waals surface area (Å²) in [5.74, 6) is 0. The molecular formula is H8ClN3O7. The fourth-order valence-corrected chi connectivity index (χ4v) is 0. The van der Waals surface area contributed by atoms with Crippen LogP contribution in [0.1, 0.15) is 0 Å². The van der Waals surface area contributed by atoms with Crippen molar-refractivity contribution in [1.29, 1.82) is 0 Å². The highest BCUT2D eigenvalue weighted by Crippen LogP contribution is 1.49. The van der Waals surface area contributed by atoms with Crippen LogP contribution in [0, 0.1) is 25.6 Å². The van der Waals surface area contributed by atoms with Crippen LogP contribution < -0.4 is 30.9 Å². The molecule has 0 saturated heterocycles. The second kappa shape index (κ2) is 9.25. The third-order valence-electron chi connectivity index (χ3n) is 0. The highest BCUT2D eigenvalue weighted by Gasteiger charge is 1.84. The Labute approximate surface area is 62.7 Å². The van der Waals surface area contributed by atoms with E-state index in [1.54, 1.807) is 0 Å². The lowest BCUT2D eigenvalue weighted by Gasteiger charge is -2.17. The smallest absolute Gasteiger partial charge is 0.0689 e. The van der Waals surface area contributed by atoms with Crippen LogP contribution in [0.4, 0.5) is 0 Å². The third kappa shape index (κ3) is 864. The van der Waals surface area contributed by atoms with Crippen LogP contribution in [-0.4, -0.2) is 5.09 Å². The SMILES string of the molecule is O=[N+]([O-])[O-].[NH4+].[NH4+].[O-][Cl+3]([O-])([O-])[O-]. The van der Waals surface area contributed by atoms with Crippen molar-refractivity contribution in [2.24, 2.45) is 0 Å². The summed E-state index contributed by atoms with van der Waals surface area (Å²) in [4.78, 5) is 8.25. The highest BCUT2D eigenvalue weighted by molar-refractivity contribution is 4.03. The molecule has 0 aliphatic heterocycles. The number of hydrogen-bond acceptors (Lipinski definition) is 7. The van der Waals surface area contributed by atoms with E-state index in [4.69, 9.17) is 34.0 Å². The van der Waals surface area contributed by atoms with Gasteiger partial charge in [0, 0.05) is 0 Å². The zero-order valence-electron chi connectivity index (χ0n) is 5.68. The van der Waals surface area contributed by atoms with E-state index in [-0.39, 0.29) is 12.3 Å². The molecular weight excluding hydrogens is 189 g/mol. The molecule has 0 aromatic heterocycles. The first kappa shape index (κ1) is 22.5. The molecule has 0 rings (SSSR count). The second-order valence-corrected chi connectivity index (χ2v) is 1.36. The molecule has 0 aromatic carbocycles. The minimum atomic E-state index is -4.94. The topological polar surface area (TPSA) is 231 Å². The number of halogens is 1. The quantitative estimate of drug-likeness (QED) is 0.286. The number of hydrogen-bond donors (Lipinski definition) is 2. The Morgan fingerprint density at radius 3 is 0.909 bits per heavy atom. The maximum atomic E-state index is 8.49. The van der Waals surface area contributed by atoms with Crippen molar-refractivity contribution in [3.8, 4) is 0 Å². The Morgan fingerprint density at radius 1 is 0.909 bits per heavy atom. The molecule has 0 aliphatic rings. The van der Waals surface area contributed by atoms with Gasteiger partial charge in [-0.1, -0.05) is 0 Å². The van der Waals surface area contributed by atoms with Gasteiger partial charge in [-0.05, 0) is 0 Å². The van der Waals surface area contributed by atoms with Gasteiger partial charge in [-0.25, -0.2) is 18.6 Å². The third-order valence-corrected chi connectivity index (χ3v) is 0. The van der Waals surface area contributed by atoms with Crippen molar-refractivity contribution in [1.82, 2.24) is 12.3 Å². The van der Waals surface area contributed by atoms with Gasteiger partial charge >= 0.3 is 0 Å². The number of rotatable bonds is 0. The van der Waals surface area contributed by atoms with E-state index in [0.29, 0.717) is 0 Å². The van der Waals surface area contributed by atoms with Gasteiger partial charge in [-0.2, -0.15) is 0 Å². The normalized spacial score (nSPS) is 7.64. The fourth-order valence-electron chi connectivity index (χ4n) is 0. The Morgan fingerprint density at radius 2 is 0.909 bits per heavy atom. The molecule has 0 spiro atoms. The first-order valence-electron chi connectivity index (χ1n) is 1.16. The van der Waals surface area contributed by atoms with Gasteiger partial charge in [-0.15, -0.1) is 10.2 Å². The summed E-state index contributed by atoms with van der Waals surface area (Å²) in [5.41, 5.74) is 0. The average Bonchev–Trinajstić information content (AvgIpc) is 1.19. The van der Waals surface area contributed by atoms with Crippen LogP contribution in [0.5, 0.6) is 0 Å². The zero-order chi connectivity index (χ0) is 8.08. The van der Waals surface area contributed by atoms with Crippen LogP contribution in [0.2, 0.25) is 0 Å². The lowest BCUT2D eigenvalue weighted by atomic mass is 13.1. The molecule has 0 aliphatic carbocycles. The summed E-state index contributed by atoms with van der Waals surface area (Å²) < 4.78 is 34.0. The van der Waals surface area contributed by atoms with Crippen molar-refractivity contribution >= 4 is 0 Å². The van der Waals surface area contributed by atoms with Gasteiger partial charge in [-0.3, -0.25) is 0 Å². The lowest BCUT2D eigenvalue weighted by molar-refractivity contribution is -2.00. The predicted molar refractivity (Wildman–Crippen MR) is 22.3 cm³/mol. The molecule has 8 N–H and O–H groups in total. The van der Waals surface area contributed by atoms with E-state index in [0.717, 1.165) is 0 Å². The van der Waals surface area contributed by atoms with Crippen LogP contribution >= 0.6 is 0 Å². The van der Waals surface area contributed by atoms with Crippen molar-refractivity contribution in [2.45, 2.75) is 0 Å². The Kier molecular flexibility index (Phi) is 18.9. The summed E-state index contributed by atoms with van der Waals surface area (Å²) in [6.07, 6.45) is 0. The molecule has 0 fully saturated rings. The van der Waals surface area contributed by atoms with Gasteiger partial charge < -0.3 is 27.6 Å². The predicted octanol–water partition coefficient (Wildman–Crippen LogP) is -4.24. The van der Waals surface area contributed by atoms with Gasteiger partial charge in [0.05, 0.1) is 5.09 Å². The monoisotopic (exact) mass is 197 g/mol. The van der Waals surface area contributed by atoms with E-state index in [2.05, 4.69) is 0 Å². The second-order valence-electron chi connectivity index (χ2n) is 0.602. The molecule has 0 unspecified atom stereocenters. The van der Waals surface area contributed by atoms with Gasteiger partial charge in [0.2, 0.25) is 0 Å². The van der Waals surface area contributed by atoms with E-state index in [1.807, 2.05) is 0 Å². The lowest BCUT2D eigenvalue weighted by Crippen LogP contribution is -2.68. The zero-order valence-corrected chi connectivity index (χ0v) is 6.44. The van der Waals surface area contributed by atoms with E-state index >= 15 is 0 Å². The summed E-state index contributed by atoms with van der Waals surface area (Å²) in [6, 6.07) is 0. The molecule has 0 heterocycles. The number of quaternary nitrogens is 2. The average molecular weight is 198 g/mol. The van der Waals surface area contributed by atoms with Crippen molar-refractivity contribution in [2.75, 3.05) is 0 Å². The summed E-state index contributed by atoms with van der Waals surface area (Å²) >= 11 is 0. The largest absolute Gasteiger partial charge is 0.369 e. The molecule has 11 heavy (non-hydrogen) atoms. The van der Waals surface area contributed by atoms with Crippen LogP contribution in [0.15, 0.2) is 0 Å². The summed E-state index contributed by atoms with van der Waals surface area (Å²) in [6.45, 7) is 0. The molecule has 0 atom stereocenters. The Bertz CT molecular complexity index is 76.2. The maximum Gasteiger partial charge on any atom is 0.0689 e. The Balaban J connectivity index is -0.0000000383. The Hall–Kier alpha value is -0.750. The molecule has 10 nitrogen and oxygen atoms in total. The molecule has 0 bridgehead atoms. The van der Waals surface area contributed by atoms with Crippen LogP contribution in [0.3, 0.4) is 0 Å². The molecule has 0 saturated carbocycles. The van der Waals surface area contributed by atoms with Gasteiger partial charge in [0.15, 0.2) is 0 Å². The maximum absolute atomic E-state index is 8.49. The minimum absolute atomic E-state index is 0. The standard InChI is InChI=1S/ClHO4.NO3.2H3N/c2-1(3,4)5;2-1(3)4;;/h(H,2,3,4,5);;2*1H3/q;-1;;/p+1. The fraction of sp³-hybridized carbons (Fsp3) is 0. The van der Waals surface area contributed by atoms with Crippen molar-refractivity contribution in [3.63, 3.8) is 0 Å². The molecule has 0 aromatic rings. The van der Waals surface area contributed by atoms with Crippen LogP contribution in [0.25, 0.3) is 0 Å². The van der Waals surface area contributed by atoms with Gasteiger partial charge in [0.1, 0.15) is 0 Å². The highest BCUT2D eigenvalue weighted by atomic mass is 35.7. The molecule has 11 heteroatoms. The van der Waals surface area contributed by atoms with Crippen LogP contribution in [-0.2, 0) is 0 Å². The number of nitrogens with zero attached hydrogens (tertiary/aromatic N) is 1. The van der Waals surface area contributed by atoms with Crippen molar-refractivity contribution < 1.29 is 34.0 Å². The molecule has 0 amide bonds.